The number of esters is 1. The Morgan fingerprint density at radius 3 is 2.88 bits per heavy atom. The summed E-state index contributed by atoms with van der Waals surface area (Å²) in [6, 6.07) is 2.63. The van der Waals surface area contributed by atoms with E-state index in [1.165, 1.54) is 6.07 Å². The molecular weight excluding hydrogens is 437 g/mol. The van der Waals surface area contributed by atoms with Gasteiger partial charge in [-0.05, 0) is 36.5 Å². The average molecular weight is 456 g/mol. The SMILES string of the molecule is CC[C@@]1(O)C(=O)OCc2c1cc1n(c2=O)Cc2c-1nc1cc(F)c(Cl)c3c1c2C(N)CC3. The van der Waals surface area contributed by atoms with E-state index < -0.39 is 17.4 Å². The molecule has 1 aromatic carbocycles. The van der Waals surface area contributed by atoms with Gasteiger partial charge < -0.3 is 20.1 Å². The molecule has 0 saturated heterocycles. The van der Waals surface area contributed by atoms with Crippen LogP contribution in [0.1, 0.15) is 53.6 Å². The Bertz CT molecular complexity index is 1450. The third-order valence-corrected chi connectivity index (χ3v) is 7.49. The first-order valence-electron chi connectivity index (χ1n) is 10.5. The molecule has 7 nitrogen and oxygen atoms in total. The van der Waals surface area contributed by atoms with Crippen molar-refractivity contribution in [3.05, 3.63) is 61.1 Å². The maximum atomic E-state index is 14.5. The molecule has 4 heterocycles. The van der Waals surface area contributed by atoms with Gasteiger partial charge in [-0.15, -0.1) is 0 Å². The number of nitrogens with zero attached hydrogens (tertiary/aromatic N) is 2. The van der Waals surface area contributed by atoms with Crippen LogP contribution in [0.4, 0.5) is 4.39 Å². The van der Waals surface area contributed by atoms with Gasteiger partial charge in [-0.1, -0.05) is 18.5 Å². The molecule has 3 aromatic rings. The summed E-state index contributed by atoms with van der Waals surface area (Å²) in [5, 5.41) is 11.8. The van der Waals surface area contributed by atoms with Gasteiger partial charge in [0.05, 0.1) is 34.0 Å². The summed E-state index contributed by atoms with van der Waals surface area (Å²) in [6.45, 7) is 1.70. The van der Waals surface area contributed by atoms with Crippen LogP contribution in [0.2, 0.25) is 5.02 Å². The number of aryl methyl sites for hydroxylation is 1. The first kappa shape index (κ1) is 19.8. The standard InChI is InChI=1S/C23H19ClFN3O4/c1-2-23(31)12-5-16-20-10(7-28(16)21(29)11(12)8-32-22(23)30)17-14(26)4-3-9-18(17)15(27-20)6-13(25)19(9)24/h5-6,14,31H,2-4,7-8,26H2,1H3/t14?,23-/m0/s1. The van der Waals surface area contributed by atoms with Gasteiger partial charge in [-0.2, -0.15) is 0 Å². The fraction of sp³-hybridized carbons (Fsp3) is 0.348. The molecule has 2 aromatic heterocycles. The number of rotatable bonds is 1. The van der Waals surface area contributed by atoms with Crippen LogP contribution < -0.4 is 11.3 Å². The third-order valence-electron chi connectivity index (χ3n) is 7.09. The zero-order valence-electron chi connectivity index (χ0n) is 17.2. The van der Waals surface area contributed by atoms with Crippen LogP contribution in [0.5, 0.6) is 0 Å². The summed E-state index contributed by atoms with van der Waals surface area (Å²) in [5.74, 6) is -1.33. The molecule has 0 spiro atoms. The van der Waals surface area contributed by atoms with E-state index in [4.69, 9.17) is 27.1 Å². The second kappa shape index (κ2) is 6.37. The summed E-state index contributed by atoms with van der Waals surface area (Å²) in [5.41, 5.74) is 8.44. The largest absolute Gasteiger partial charge is 0.458 e. The Morgan fingerprint density at radius 2 is 2.12 bits per heavy atom. The summed E-state index contributed by atoms with van der Waals surface area (Å²) in [6.07, 6.45) is 1.20. The number of hydrogen-bond acceptors (Lipinski definition) is 6. The highest BCUT2D eigenvalue weighted by atomic mass is 35.5. The summed E-state index contributed by atoms with van der Waals surface area (Å²) >= 11 is 6.27. The van der Waals surface area contributed by atoms with E-state index in [9.17, 15) is 19.1 Å². The third kappa shape index (κ3) is 2.29. The normalized spacial score (nSPS) is 23.0. The van der Waals surface area contributed by atoms with Gasteiger partial charge in [0.1, 0.15) is 12.4 Å². The maximum absolute atomic E-state index is 14.5. The number of pyridine rings is 2. The van der Waals surface area contributed by atoms with Gasteiger partial charge in [0.25, 0.3) is 5.56 Å². The minimum Gasteiger partial charge on any atom is -0.458 e. The smallest absolute Gasteiger partial charge is 0.343 e. The highest BCUT2D eigenvalue weighted by molar-refractivity contribution is 6.32. The molecular formula is C23H19ClFN3O4. The number of halogens is 2. The molecule has 0 fully saturated rings. The second-order valence-corrected chi connectivity index (χ2v) is 9.02. The van der Waals surface area contributed by atoms with Crippen LogP contribution in [0, 0.1) is 5.82 Å². The Balaban J connectivity index is 1.70. The predicted octanol–water partition coefficient (Wildman–Crippen LogP) is 2.82. The quantitative estimate of drug-likeness (QED) is 0.427. The Morgan fingerprint density at radius 1 is 1.34 bits per heavy atom. The molecule has 1 unspecified atom stereocenters. The van der Waals surface area contributed by atoms with E-state index in [0.717, 1.165) is 16.5 Å². The number of carbonyl (C=O) groups is 1. The number of benzene rings is 1. The second-order valence-electron chi connectivity index (χ2n) is 8.65. The van der Waals surface area contributed by atoms with Crippen molar-refractivity contribution in [2.24, 2.45) is 5.73 Å². The van der Waals surface area contributed by atoms with Crippen molar-refractivity contribution in [1.82, 2.24) is 9.55 Å². The number of ether oxygens (including phenoxy) is 1. The zero-order chi connectivity index (χ0) is 22.5. The van der Waals surface area contributed by atoms with Gasteiger partial charge in [0.15, 0.2) is 5.60 Å². The van der Waals surface area contributed by atoms with Gasteiger partial charge in [-0.25, -0.2) is 14.2 Å². The molecule has 0 saturated carbocycles. The van der Waals surface area contributed by atoms with Gasteiger partial charge in [0, 0.05) is 28.6 Å². The van der Waals surface area contributed by atoms with Crippen LogP contribution in [-0.4, -0.2) is 20.6 Å². The lowest BCUT2D eigenvalue weighted by molar-refractivity contribution is -0.172. The molecule has 0 radical (unpaired) electrons. The number of carbonyl (C=O) groups excluding carboxylic acids is 1. The first-order valence-corrected chi connectivity index (χ1v) is 10.9. The molecule has 32 heavy (non-hydrogen) atoms. The number of hydrogen-bond donors (Lipinski definition) is 2. The minimum absolute atomic E-state index is 0.0585. The van der Waals surface area contributed by atoms with Gasteiger partial charge in [0.2, 0.25) is 0 Å². The zero-order valence-corrected chi connectivity index (χ0v) is 17.9. The number of fused-ring (bicyclic) bond motifs is 5. The molecule has 9 heteroatoms. The van der Waals surface area contributed by atoms with E-state index in [2.05, 4.69) is 0 Å². The topological polar surface area (TPSA) is 107 Å². The Labute approximate surface area is 186 Å². The Hall–Kier alpha value is -2.81. The monoisotopic (exact) mass is 455 g/mol. The fourth-order valence-corrected chi connectivity index (χ4v) is 5.63. The number of aliphatic hydroxyl groups is 1. The number of nitrogens with two attached hydrogens (primary N) is 1. The Kier molecular flexibility index (Phi) is 3.95. The molecule has 164 valence electrons. The predicted molar refractivity (Wildman–Crippen MR) is 115 cm³/mol. The van der Waals surface area contributed by atoms with E-state index >= 15 is 0 Å². The van der Waals surface area contributed by atoms with E-state index in [0.29, 0.717) is 35.3 Å². The first-order chi connectivity index (χ1) is 15.3. The van der Waals surface area contributed by atoms with Crippen molar-refractivity contribution < 1.29 is 19.0 Å². The van der Waals surface area contributed by atoms with Crippen molar-refractivity contribution in [2.75, 3.05) is 0 Å². The van der Waals surface area contributed by atoms with Crippen molar-refractivity contribution in [3.63, 3.8) is 0 Å². The molecule has 6 rings (SSSR count). The molecule has 1 aliphatic carbocycles. The molecule has 2 aliphatic heterocycles. The lowest BCUT2D eigenvalue weighted by Crippen LogP contribution is -2.44. The molecule has 3 aliphatic rings. The lowest BCUT2D eigenvalue weighted by Gasteiger charge is -2.31. The summed E-state index contributed by atoms with van der Waals surface area (Å²) < 4.78 is 21.2. The van der Waals surface area contributed by atoms with Crippen molar-refractivity contribution in [2.45, 2.75) is 51.0 Å². The van der Waals surface area contributed by atoms with Gasteiger partial charge >= 0.3 is 5.97 Å². The summed E-state index contributed by atoms with van der Waals surface area (Å²) in [7, 11) is 0. The average Bonchev–Trinajstić information content (AvgIpc) is 3.14. The molecule has 0 amide bonds. The molecule has 0 bridgehead atoms. The molecule has 3 N–H and O–H groups in total. The van der Waals surface area contributed by atoms with Crippen LogP contribution in [0.3, 0.4) is 0 Å². The van der Waals surface area contributed by atoms with E-state index in [1.54, 1.807) is 17.6 Å². The van der Waals surface area contributed by atoms with Crippen LogP contribution >= 0.6 is 11.6 Å². The van der Waals surface area contributed by atoms with Crippen LogP contribution in [0.25, 0.3) is 22.3 Å². The van der Waals surface area contributed by atoms with Crippen molar-refractivity contribution >= 4 is 28.5 Å². The highest BCUT2D eigenvalue weighted by Gasteiger charge is 2.45. The highest BCUT2D eigenvalue weighted by Crippen LogP contribution is 2.46. The lowest BCUT2D eigenvalue weighted by atomic mass is 9.83. The van der Waals surface area contributed by atoms with Crippen LogP contribution in [0.15, 0.2) is 16.9 Å². The van der Waals surface area contributed by atoms with Crippen LogP contribution in [-0.2, 0) is 34.7 Å². The number of cyclic esters (lactones) is 1. The van der Waals surface area contributed by atoms with Gasteiger partial charge in [-0.3, -0.25) is 4.79 Å². The van der Waals surface area contributed by atoms with Crippen molar-refractivity contribution in [1.29, 1.82) is 0 Å². The number of aromatic nitrogens is 2. The van der Waals surface area contributed by atoms with E-state index in [-0.39, 0.29) is 47.3 Å². The van der Waals surface area contributed by atoms with Crippen molar-refractivity contribution in [3.8, 4) is 11.4 Å². The van der Waals surface area contributed by atoms with E-state index in [1.807, 2.05) is 0 Å². The minimum atomic E-state index is -1.90. The maximum Gasteiger partial charge on any atom is 0.343 e. The fourth-order valence-electron chi connectivity index (χ4n) is 5.39. The molecule has 2 atom stereocenters. The summed E-state index contributed by atoms with van der Waals surface area (Å²) in [4.78, 5) is 30.4.